The highest BCUT2D eigenvalue weighted by Gasteiger charge is 2.15. The largest absolute Gasteiger partial charge is 0.352 e. The van der Waals surface area contributed by atoms with Gasteiger partial charge in [0.1, 0.15) is 5.82 Å². The summed E-state index contributed by atoms with van der Waals surface area (Å²) in [6, 6.07) is 2.86. The van der Waals surface area contributed by atoms with Crippen LogP contribution < -0.4 is 5.32 Å². The molecule has 5 nitrogen and oxygen atoms in total. The highest BCUT2D eigenvalue weighted by atomic mass is 79.9. The maximum absolute atomic E-state index is 13.2. The van der Waals surface area contributed by atoms with Crippen LogP contribution in [0.25, 0.3) is 0 Å². The number of carbonyl (C=O) groups is 1. The van der Waals surface area contributed by atoms with Gasteiger partial charge in [0.05, 0.1) is 11.0 Å². The van der Waals surface area contributed by atoms with Gasteiger partial charge in [0, 0.05) is 23.5 Å². The molecule has 0 radical (unpaired) electrons. The van der Waals surface area contributed by atoms with E-state index in [1.165, 1.54) is 0 Å². The molecule has 0 heterocycles. The molecule has 0 aliphatic rings. The second-order valence-electron chi connectivity index (χ2n) is 4.42. The predicted octanol–water partition coefficient (Wildman–Crippen LogP) is 3.27. The molecule has 110 valence electrons. The molecule has 0 saturated heterocycles. The second-order valence-corrected chi connectivity index (χ2v) is 5.21. The first-order chi connectivity index (χ1) is 9.47. The number of nitrogens with zero attached hydrogens (tertiary/aromatic N) is 1. The second kappa shape index (κ2) is 7.94. The molecule has 1 aromatic carbocycles. The summed E-state index contributed by atoms with van der Waals surface area (Å²) in [5, 5.41) is 14.1. The molecule has 0 aliphatic carbocycles. The Morgan fingerprint density at radius 2 is 2.20 bits per heavy atom. The number of alkyl halides is 1. The van der Waals surface area contributed by atoms with Crippen molar-refractivity contribution in [3.63, 3.8) is 0 Å². The van der Waals surface area contributed by atoms with Crippen LogP contribution in [0, 0.1) is 21.8 Å². The molecule has 1 rings (SSSR count). The number of carbonyl (C=O) groups excluding carboxylic acids is 1. The molecular weight excluding hydrogens is 331 g/mol. The third kappa shape index (κ3) is 4.88. The van der Waals surface area contributed by atoms with Crippen molar-refractivity contribution in [2.24, 2.45) is 5.92 Å². The van der Waals surface area contributed by atoms with E-state index in [2.05, 4.69) is 21.2 Å². The topological polar surface area (TPSA) is 72.2 Å². The number of rotatable bonds is 7. The van der Waals surface area contributed by atoms with Crippen molar-refractivity contribution < 1.29 is 14.1 Å². The maximum atomic E-state index is 13.2. The van der Waals surface area contributed by atoms with Gasteiger partial charge in [0.25, 0.3) is 11.6 Å². The van der Waals surface area contributed by atoms with Crippen molar-refractivity contribution in [2.45, 2.75) is 19.8 Å². The predicted molar refractivity (Wildman–Crippen MR) is 77.6 cm³/mol. The van der Waals surface area contributed by atoms with E-state index >= 15 is 0 Å². The first kappa shape index (κ1) is 16.6. The van der Waals surface area contributed by atoms with Crippen LogP contribution in [0.15, 0.2) is 18.2 Å². The SMILES string of the molecule is CCC(CCBr)CNC(=O)c1cc(F)cc([N+](=O)[O-])c1. The summed E-state index contributed by atoms with van der Waals surface area (Å²) in [6.07, 6.45) is 1.83. The minimum absolute atomic E-state index is 0.0367. The highest BCUT2D eigenvalue weighted by Crippen LogP contribution is 2.16. The van der Waals surface area contributed by atoms with Crippen LogP contribution in [0.1, 0.15) is 30.1 Å². The van der Waals surface area contributed by atoms with Gasteiger partial charge in [-0.25, -0.2) is 4.39 Å². The molecule has 0 aromatic heterocycles. The Morgan fingerprint density at radius 1 is 1.50 bits per heavy atom. The van der Waals surface area contributed by atoms with Crippen molar-refractivity contribution in [3.8, 4) is 0 Å². The van der Waals surface area contributed by atoms with Crippen LogP contribution in [0.5, 0.6) is 0 Å². The standard InChI is InChI=1S/C13H16BrFN2O3/c1-2-9(3-4-14)8-16-13(18)10-5-11(15)7-12(6-10)17(19)20/h5-7,9H,2-4,8H2,1H3,(H,16,18). The van der Waals surface area contributed by atoms with Gasteiger partial charge >= 0.3 is 0 Å². The highest BCUT2D eigenvalue weighted by molar-refractivity contribution is 9.09. The maximum Gasteiger partial charge on any atom is 0.273 e. The zero-order chi connectivity index (χ0) is 15.1. The fourth-order valence-corrected chi connectivity index (χ4v) is 2.40. The van der Waals surface area contributed by atoms with Gasteiger partial charge < -0.3 is 5.32 Å². The van der Waals surface area contributed by atoms with Crippen LogP contribution in [0.4, 0.5) is 10.1 Å². The quantitative estimate of drug-likeness (QED) is 0.467. The molecule has 0 fully saturated rings. The molecule has 1 aromatic rings. The minimum Gasteiger partial charge on any atom is -0.352 e. The van der Waals surface area contributed by atoms with Crippen molar-refractivity contribution in [1.29, 1.82) is 0 Å². The van der Waals surface area contributed by atoms with Crippen LogP contribution in [0.2, 0.25) is 0 Å². The van der Waals surface area contributed by atoms with Gasteiger partial charge in [-0.1, -0.05) is 29.3 Å². The van der Waals surface area contributed by atoms with E-state index in [1.54, 1.807) is 0 Å². The van der Waals surface area contributed by atoms with Gasteiger partial charge in [0.15, 0.2) is 0 Å². The van der Waals surface area contributed by atoms with Gasteiger partial charge in [-0.2, -0.15) is 0 Å². The summed E-state index contributed by atoms with van der Waals surface area (Å²) in [6.45, 7) is 2.48. The lowest BCUT2D eigenvalue weighted by Crippen LogP contribution is -2.29. The molecule has 0 saturated carbocycles. The third-order valence-corrected chi connectivity index (χ3v) is 3.46. The monoisotopic (exact) mass is 346 g/mol. The average Bonchev–Trinajstić information content (AvgIpc) is 2.42. The lowest BCUT2D eigenvalue weighted by Gasteiger charge is -2.14. The average molecular weight is 347 g/mol. The van der Waals surface area contributed by atoms with E-state index in [0.29, 0.717) is 12.5 Å². The minimum atomic E-state index is -0.795. The number of non-ortho nitro benzene ring substituents is 1. The lowest BCUT2D eigenvalue weighted by molar-refractivity contribution is -0.385. The van der Waals surface area contributed by atoms with E-state index in [1.807, 2.05) is 6.92 Å². The molecule has 1 amide bonds. The van der Waals surface area contributed by atoms with Crippen molar-refractivity contribution >= 4 is 27.5 Å². The zero-order valence-electron chi connectivity index (χ0n) is 11.1. The molecular formula is C13H16BrFN2O3. The van der Waals surface area contributed by atoms with Crippen LogP contribution in [-0.2, 0) is 0 Å². The number of hydrogen-bond donors (Lipinski definition) is 1. The van der Waals surface area contributed by atoms with Crippen LogP contribution in [-0.4, -0.2) is 22.7 Å². The molecule has 1 N–H and O–H groups in total. The Bertz CT molecular complexity index is 497. The molecule has 0 aliphatic heterocycles. The Labute approximate surface area is 124 Å². The number of amides is 1. The van der Waals surface area contributed by atoms with Gasteiger partial charge in [-0.3, -0.25) is 14.9 Å². The Balaban J connectivity index is 2.74. The number of nitro groups is 1. The summed E-state index contributed by atoms with van der Waals surface area (Å²) in [5.41, 5.74) is -0.465. The van der Waals surface area contributed by atoms with E-state index in [9.17, 15) is 19.3 Å². The molecule has 1 atom stereocenters. The van der Waals surface area contributed by atoms with Gasteiger partial charge in [-0.15, -0.1) is 0 Å². The Kier molecular flexibility index (Phi) is 6.57. The normalized spacial score (nSPS) is 11.9. The van der Waals surface area contributed by atoms with E-state index < -0.39 is 22.3 Å². The molecule has 0 bridgehead atoms. The first-order valence-electron chi connectivity index (χ1n) is 6.27. The molecule has 20 heavy (non-hydrogen) atoms. The number of benzene rings is 1. The van der Waals surface area contributed by atoms with Crippen molar-refractivity contribution in [3.05, 3.63) is 39.7 Å². The van der Waals surface area contributed by atoms with Gasteiger partial charge in [0.2, 0.25) is 0 Å². The van der Waals surface area contributed by atoms with Crippen LogP contribution in [0.3, 0.4) is 0 Å². The summed E-state index contributed by atoms with van der Waals surface area (Å²) in [7, 11) is 0. The van der Waals surface area contributed by atoms with Crippen molar-refractivity contribution in [1.82, 2.24) is 5.32 Å². The third-order valence-electron chi connectivity index (χ3n) is 3.00. The first-order valence-corrected chi connectivity index (χ1v) is 7.39. The summed E-state index contributed by atoms with van der Waals surface area (Å²) >= 11 is 3.34. The number of nitrogens with one attached hydrogen (secondary N) is 1. The summed E-state index contributed by atoms with van der Waals surface area (Å²) < 4.78 is 13.2. The number of nitro benzene ring substituents is 1. The fourth-order valence-electron chi connectivity index (χ4n) is 1.75. The van der Waals surface area contributed by atoms with E-state index in [4.69, 9.17) is 0 Å². The van der Waals surface area contributed by atoms with Crippen molar-refractivity contribution in [2.75, 3.05) is 11.9 Å². The van der Waals surface area contributed by atoms with Crippen LogP contribution >= 0.6 is 15.9 Å². The molecule has 0 spiro atoms. The zero-order valence-corrected chi connectivity index (χ0v) is 12.7. The Morgan fingerprint density at radius 3 is 2.75 bits per heavy atom. The number of hydrogen-bond acceptors (Lipinski definition) is 3. The van der Waals surface area contributed by atoms with E-state index in [-0.39, 0.29) is 5.56 Å². The Hall–Kier alpha value is -1.50. The summed E-state index contributed by atoms with van der Waals surface area (Å²) in [5.74, 6) is -0.973. The molecule has 1 unspecified atom stereocenters. The molecule has 7 heteroatoms. The lowest BCUT2D eigenvalue weighted by atomic mass is 10.0. The smallest absolute Gasteiger partial charge is 0.273 e. The fraction of sp³-hybridized carbons (Fsp3) is 0.462. The summed E-state index contributed by atoms with van der Waals surface area (Å²) in [4.78, 5) is 21.8. The van der Waals surface area contributed by atoms with Gasteiger partial charge in [-0.05, 0) is 18.4 Å². The van der Waals surface area contributed by atoms with E-state index in [0.717, 1.165) is 36.4 Å². The number of halogens is 2.